The van der Waals surface area contributed by atoms with Crippen LogP contribution in [0.25, 0.3) is 0 Å². The highest BCUT2D eigenvalue weighted by atomic mass is 32.2. The van der Waals surface area contributed by atoms with Crippen molar-refractivity contribution in [1.82, 2.24) is 10.0 Å². The summed E-state index contributed by atoms with van der Waals surface area (Å²) in [5.41, 5.74) is 2.59. The third-order valence-corrected chi connectivity index (χ3v) is 6.77. The molecule has 1 amide bonds. The molecule has 0 fully saturated rings. The minimum atomic E-state index is -3.73. The first-order valence-electron chi connectivity index (χ1n) is 11.3. The van der Waals surface area contributed by atoms with Crippen LogP contribution in [-0.2, 0) is 16.6 Å². The van der Waals surface area contributed by atoms with E-state index in [2.05, 4.69) is 10.0 Å². The second-order valence-electron chi connectivity index (χ2n) is 8.53. The summed E-state index contributed by atoms with van der Waals surface area (Å²) in [5.74, 6) is 0.425. The average Bonchev–Trinajstić information content (AvgIpc) is 2.83. The zero-order valence-corrected chi connectivity index (χ0v) is 21.1. The lowest BCUT2D eigenvalue weighted by Crippen LogP contribution is -2.26. The highest BCUT2D eigenvalue weighted by Crippen LogP contribution is 2.19. The standard InChI is InChI=1S/C27H30N2O5S/c1-18(2)34-25-13-9-22(10-14-25)19(3)29-27(31)24-7-5-21(6-8-24)17-28-35(32,33)26-15-11-23(12-16-26)20(4)30/h5-16,18-19,28H,17H2,1-4H3,(H,29,31). The lowest BCUT2D eigenvalue weighted by Gasteiger charge is -2.16. The molecule has 0 aromatic heterocycles. The number of benzene rings is 3. The number of carbonyl (C=O) groups is 2. The Morgan fingerprint density at radius 2 is 1.40 bits per heavy atom. The summed E-state index contributed by atoms with van der Waals surface area (Å²) in [4.78, 5) is 24.1. The lowest BCUT2D eigenvalue weighted by molar-refractivity contribution is 0.0939. The van der Waals surface area contributed by atoms with Gasteiger partial charge in [-0.3, -0.25) is 9.59 Å². The fourth-order valence-corrected chi connectivity index (χ4v) is 4.39. The molecule has 1 atom stereocenters. The topological polar surface area (TPSA) is 102 Å². The predicted octanol–water partition coefficient (Wildman–Crippen LogP) is 4.65. The molecular formula is C27H30N2O5S. The number of Topliss-reactive ketones (excluding diaryl/α,β-unsaturated/α-hetero) is 1. The maximum Gasteiger partial charge on any atom is 0.251 e. The molecule has 0 saturated carbocycles. The van der Waals surface area contributed by atoms with E-state index in [4.69, 9.17) is 4.74 Å². The van der Waals surface area contributed by atoms with Crippen LogP contribution in [0, 0.1) is 0 Å². The van der Waals surface area contributed by atoms with Gasteiger partial charge in [0.1, 0.15) is 5.75 Å². The molecule has 2 N–H and O–H groups in total. The second-order valence-corrected chi connectivity index (χ2v) is 10.3. The summed E-state index contributed by atoms with van der Waals surface area (Å²) in [7, 11) is -3.73. The highest BCUT2D eigenvalue weighted by molar-refractivity contribution is 7.89. The summed E-state index contributed by atoms with van der Waals surface area (Å²) in [6.07, 6.45) is 0.0931. The number of carbonyl (C=O) groups excluding carboxylic acids is 2. The van der Waals surface area contributed by atoms with Gasteiger partial charge in [-0.25, -0.2) is 13.1 Å². The van der Waals surface area contributed by atoms with Crippen molar-refractivity contribution in [3.8, 4) is 5.75 Å². The number of hydrogen-bond acceptors (Lipinski definition) is 5. The fraction of sp³-hybridized carbons (Fsp3) is 0.259. The van der Waals surface area contributed by atoms with Crippen molar-refractivity contribution in [3.05, 3.63) is 95.1 Å². The molecule has 3 aromatic rings. The molecule has 184 valence electrons. The molecule has 0 bridgehead atoms. The summed E-state index contributed by atoms with van der Waals surface area (Å²) in [5, 5.41) is 2.97. The Kier molecular flexibility index (Phi) is 8.43. The van der Waals surface area contributed by atoms with Crippen LogP contribution in [0.4, 0.5) is 0 Å². The molecule has 0 saturated heterocycles. The first-order valence-corrected chi connectivity index (χ1v) is 12.8. The predicted molar refractivity (Wildman–Crippen MR) is 135 cm³/mol. The van der Waals surface area contributed by atoms with E-state index < -0.39 is 10.0 Å². The van der Waals surface area contributed by atoms with Crippen LogP contribution in [0.3, 0.4) is 0 Å². The van der Waals surface area contributed by atoms with Gasteiger partial charge >= 0.3 is 0 Å². The van der Waals surface area contributed by atoms with Crippen molar-refractivity contribution in [1.29, 1.82) is 0 Å². The quantitative estimate of drug-likeness (QED) is 0.400. The second kappa shape index (κ2) is 11.3. The van der Waals surface area contributed by atoms with Crippen LogP contribution in [0.2, 0.25) is 0 Å². The Balaban J connectivity index is 1.57. The van der Waals surface area contributed by atoms with Crippen LogP contribution in [-0.4, -0.2) is 26.2 Å². The zero-order valence-electron chi connectivity index (χ0n) is 20.2. The number of ether oxygens (including phenoxy) is 1. The van der Waals surface area contributed by atoms with E-state index in [1.165, 1.54) is 31.2 Å². The molecule has 1 unspecified atom stereocenters. The molecule has 3 aromatic carbocycles. The smallest absolute Gasteiger partial charge is 0.251 e. The van der Waals surface area contributed by atoms with Gasteiger partial charge in [-0.1, -0.05) is 36.4 Å². The van der Waals surface area contributed by atoms with Crippen LogP contribution < -0.4 is 14.8 Å². The third-order valence-electron chi connectivity index (χ3n) is 5.35. The summed E-state index contributed by atoms with van der Waals surface area (Å²) >= 11 is 0. The third kappa shape index (κ3) is 7.24. The number of nitrogens with one attached hydrogen (secondary N) is 2. The molecule has 0 radical (unpaired) electrons. The summed E-state index contributed by atoms with van der Waals surface area (Å²) < 4.78 is 33.2. The van der Waals surface area contributed by atoms with Gasteiger partial charge in [-0.15, -0.1) is 0 Å². The molecular weight excluding hydrogens is 464 g/mol. The van der Waals surface area contributed by atoms with Gasteiger partial charge in [-0.2, -0.15) is 0 Å². The molecule has 35 heavy (non-hydrogen) atoms. The highest BCUT2D eigenvalue weighted by Gasteiger charge is 2.15. The molecule has 3 rings (SSSR count). The van der Waals surface area contributed by atoms with E-state index in [9.17, 15) is 18.0 Å². The first-order chi connectivity index (χ1) is 16.5. The van der Waals surface area contributed by atoms with E-state index in [1.54, 1.807) is 24.3 Å². The van der Waals surface area contributed by atoms with Crippen molar-refractivity contribution in [2.75, 3.05) is 0 Å². The van der Waals surface area contributed by atoms with Gasteiger partial charge in [0.25, 0.3) is 5.91 Å². The number of rotatable bonds is 10. The van der Waals surface area contributed by atoms with Crippen LogP contribution >= 0.6 is 0 Å². The lowest BCUT2D eigenvalue weighted by atomic mass is 10.1. The van der Waals surface area contributed by atoms with E-state index >= 15 is 0 Å². The van der Waals surface area contributed by atoms with Crippen LogP contribution in [0.1, 0.15) is 65.6 Å². The number of hydrogen-bond donors (Lipinski definition) is 2. The minimum absolute atomic E-state index is 0.0693. The van der Waals surface area contributed by atoms with Crippen molar-refractivity contribution >= 4 is 21.7 Å². The van der Waals surface area contributed by atoms with Gasteiger partial charge in [0, 0.05) is 17.7 Å². The van der Waals surface area contributed by atoms with Gasteiger partial charge in [0.2, 0.25) is 10.0 Å². The van der Waals surface area contributed by atoms with Crippen LogP contribution in [0.5, 0.6) is 5.75 Å². The molecule has 0 spiro atoms. The van der Waals surface area contributed by atoms with Crippen LogP contribution in [0.15, 0.2) is 77.7 Å². The summed E-state index contributed by atoms with van der Waals surface area (Å²) in [6, 6.07) is 19.9. The fourth-order valence-electron chi connectivity index (χ4n) is 3.37. The molecule has 8 heteroatoms. The van der Waals surface area contributed by atoms with Crippen molar-refractivity contribution < 1.29 is 22.7 Å². The largest absolute Gasteiger partial charge is 0.491 e. The average molecular weight is 495 g/mol. The molecule has 0 aliphatic rings. The number of amides is 1. The SMILES string of the molecule is CC(=O)c1ccc(S(=O)(=O)NCc2ccc(C(=O)NC(C)c3ccc(OC(C)C)cc3)cc2)cc1. The zero-order chi connectivity index (χ0) is 25.6. The Morgan fingerprint density at radius 1 is 0.829 bits per heavy atom. The Bertz CT molecular complexity index is 1270. The Morgan fingerprint density at radius 3 is 1.94 bits per heavy atom. The van der Waals surface area contributed by atoms with E-state index in [1.807, 2.05) is 45.0 Å². The summed E-state index contributed by atoms with van der Waals surface area (Å²) in [6.45, 7) is 7.33. The van der Waals surface area contributed by atoms with Gasteiger partial charge in [0.05, 0.1) is 17.0 Å². The minimum Gasteiger partial charge on any atom is -0.491 e. The maximum atomic E-state index is 12.7. The van der Waals surface area contributed by atoms with E-state index in [0.717, 1.165) is 11.3 Å². The van der Waals surface area contributed by atoms with Gasteiger partial charge < -0.3 is 10.1 Å². The first kappa shape index (κ1) is 26.1. The normalized spacial score (nSPS) is 12.3. The van der Waals surface area contributed by atoms with Crippen molar-refractivity contribution in [2.24, 2.45) is 0 Å². The van der Waals surface area contributed by atoms with Crippen molar-refractivity contribution in [3.63, 3.8) is 0 Å². The molecule has 0 heterocycles. The monoisotopic (exact) mass is 494 g/mol. The maximum absolute atomic E-state index is 12.7. The number of ketones is 1. The molecule has 7 nitrogen and oxygen atoms in total. The number of sulfonamides is 1. The Hall–Kier alpha value is -3.49. The van der Waals surface area contributed by atoms with Gasteiger partial charge in [-0.05, 0) is 75.2 Å². The molecule has 0 aliphatic carbocycles. The van der Waals surface area contributed by atoms with E-state index in [-0.39, 0.29) is 35.3 Å². The Labute approximate surface area is 206 Å². The van der Waals surface area contributed by atoms with Gasteiger partial charge in [0.15, 0.2) is 5.78 Å². The molecule has 0 aliphatic heterocycles. The van der Waals surface area contributed by atoms with Crippen molar-refractivity contribution in [2.45, 2.75) is 51.3 Å². The van der Waals surface area contributed by atoms with E-state index in [0.29, 0.717) is 16.7 Å².